The lowest BCUT2D eigenvalue weighted by atomic mass is 9.65. The van der Waals surface area contributed by atoms with Crippen molar-refractivity contribution >= 4 is 47.8 Å². The number of cyclic esters (lactones) is 8. The van der Waals surface area contributed by atoms with E-state index in [1.54, 1.807) is 0 Å². The van der Waals surface area contributed by atoms with Crippen molar-refractivity contribution in [3.05, 3.63) is 49.4 Å². The van der Waals surface area contributed by atoms with Gasteiger partial charge in [-0.25, -0.2) is 0 Å². The van der Waals surface area contributed by atoms with Crippen LogP contribution in [0.3, 0.4) is 0 Å². The predicted molar refractivity (Wildman–Crippen MR) is 322 cm³/mol. The topological polar surface area (TPSA) is 192 Å². The fourth-order valence-electron chi connectivity index (χ4n) is 15.6. The van der Waals surface area contributed by atoms with Crippen molar-refractivity contribution in [1.29, 1.82) is 0 Å². The van der Waals surface area contributed by atoms with Crippen LogP contribution in [0.4, 0.5) is 0 Å². The highest BCUT2D eigenvalue weighted by atomic mass is 16.6. The fraction of sp³-hybridized carbons (Fsp3) is 0.771. The normalized spacial score (nSPS) is 34.7. The second-order valence-corrected chi connectivity index (χ2v) is 32.2. The summed E-state index contributed by atoms with van der Waals surface area (Å²) in [5, 5.41) is 0. The first kappa shape index (κ1) is 69.9. The van der Waals surface area contributed by atoms with Gasteiger partial charge < -0.3 is 28.4 Å². The maximum absolute atomic E-state index is 11.7. The Morgan fingerprint density at radius 2 is 0.762 bits per heavy atom. The van der Waals surface area contributed by atoms with E-state index >= 15 is 0 Å². The highest BCUT2D eigenvalue weighted by molar-refractivity contribution is 5.95. The van der Waals surface area contributed by atoms with E-state index in [9.17, 15) is 38.4 Å². The number of allylic oxidation sites excluding steroid dienone is 4. The number of hydrogen-bond acceptors (Lipinski definition) is 14. The SMILES string of the molecule is C=C1C[C@@H](C(C)(C)C)CC(=O)O1.C=C1OC(=O)C2C3CC(C12)[C@@H](C(C)(C)C)C3.C=C1OC(=O)C2C3CC(C12)[C@@H](C(C)(C)C)C3.C=C1OC(=O)C2CC[C@H](C(C)(C)C)CC12.CC.CC(C)(C)[C@H]1CC(=O)OC1=O.CC(C)(C)[C@H]1CCC(=O)OC1=O. The molecule has 0 aromatic carbocycles. The van der Waals surface area contributed by atoms with Crippen molar-refractivity contribution in [2.75, 3.05) is 0 Å². The third-order valence-electron chi connectivity index (χ3n) is 20.5. The molecule has 4 bridgehead atoms. The lowest BCUT2D eigenvalue weighted by Crippen LogP contribution is -2.36. The Bertz CT molecular complexity index is 2450. The zero-order chi connectivity index (χ0) is 63.9. The molecule has 16 atom stereocenters. The minimum atomic E-state index is -0.394. The Kier molecular flexibility index (Phi) is 21.8. The summed E-state index contributed by atoms with van der Waals surface area (Å²) < 4.78 is 29.5. The molecular weight excluding hydrogens is 1060 g/mol. The molecular formula is C70H108O14. The van der Waals surface area contributed by atoms with Gasteiger partial charge in [0.15, 0.2) is 0 Å². The van der Waals surface area contributed by atoms with Gasteiger partial charge in [0, 0.05) is 37.0 Å². The molecule has 0 aromatic heterocycles. The van der Waals surface area contributed by atoms with Crippen LogP contribution in [0.2, 0.25) is 0 Å². The van der Waals surface area contributed by atoms with Crippen LogP contribution in [0.25, 0.3) is 0 Å². The van der Waals surface area contributed by atoms with E-state index in [0.29, 0.717) is 94.4 Å². The highest BCUT2D eigenvalue weighted by Crippen LogP contribution is 2.65. The molecule has 14 heteroatoms. The van der Waals surface area contributed by atoms with Crippen LogP contribution in [0.15, 0.2) is 49.4 Å². The molecule has 472 valence electrons. The molecule has 5 aliphatic carbocycles. The molecule has 11 aliphatic rings. The van der Waals surface area contributed by atoms with Gasteiger partial charge in [-0.1, -0.05) is 165 Å². The Morgan fingerprint density at radius 3 is 1.13 bits per heavy atom. The van der Waals surface area contributed by atoms with Crippen molar-refractivity contribution in [2.45, 2.75) is 216 Å². The van der Waals surface area contributed by atoms with E-state index in [1.165, 1.54) is 25.7 Å². The Morgan fingerprint density at radius 1 is 0.345 bits per heavy atom. The fourth-order valence-corrected chi connectivity index (χ4v) is 15.6. The minimum absolute atomic E-state index is 0.00476. The van der Waals surface area contributed by atoms with Crippen molar-refractivity contribution in [2.24, 2.45) is 127 Å². The summed E-state index contributed by atoms with van der Waals surface area (Å²) in [5.41, 5.74) is 0.924. The van der Waals surface area contributed by atoms with Crippen LogP contribution < -0.4 is 0 Å². The molecule has 14 nitrogen and oxygen atoms in total. The summed E-state index contributed by atoms with van der Waals surface area (Å²) in [7, 11) is 0. The van der Waals surface area contributed by atoms with E-state index in [0.717, 1.165) is 49.0 Å². The summed E-state index contributed by atoms with van der Waals surface area (Å²) in [6.07, 6.45) is 10.6. The van der Waals surface area contributed by atoms with Crippen LogP contribution in [0.1, 0.15) is 216 Å². The minimum Gasteiger partial charge on any atom is -0.432 e. The van der Waals surface area contributed by atoms with Crippen molar-refractivity contribution in [1.82, 2.24) is 0 Å². The third-order valence-corrected chi connectivity index (χ3v) is 20.5. The van der Waals surface area contributed by atoms with Gasteiger partial charge in [-0.05, 0) is 131 Å². The average molecular weight is 1170 g/mol. The van der Waals surface area contributed by atoms with Crippen LogP contribution in [0, 0.1) is 127 Å². The molecule has 11 rings (SSSR count). The first-order valence-electron chi connectivity index (χ1n) is 31.5. The molecule has 6 aliphatic heterocycles. The van der Waals surface area contributed by atoms with Gasteiger partial charge in [-0.2, -0.15) is 0 Å². The van der Waals surface area contributed by atoms with Crippen molar-refractivity contribution in [3.63, 3.8) is 0 Å². The van der Waals surface area contributed by atoms with Crippen LogP contribution in [0.5, 0.6) is 0 Å². The molecule has 0 spiro atoms. The summed E-state index contributed by atoms with van der Waals surface area (Å²) in [6.45, 7) is 58.3. The van der Waals surface area contributed by atoms with Gasteiger partial charge in [0.2, 0.25) is 0 Å². The summed E-state index contributed by atoms with van der Waals surface area (Å²) >= 11 is 0. The van der Waals surface area contributed by atoms with Crippen LogP contribution >= 0.6 is 0 Å². The smallest absolute Gasteiger partial charge is 0.317 e. The third kappa shape index (κ3) is 16.4. The number of fused-ring (bicyclic) bond motifs is 11. The lowest BCUT2D eigenvalue weighted by Gasteiger charge is -2.37. The maximum Gasteiger partial charge on any atom is 0.317 e. The van der Waals surface area contributed by atoms with Crippen molar-refractivity contribution < 1.29 is 66.8 Å². The summed E-state index contributed by atoms with van der Waals surface area (Å²) in [4.78, 5) is 89.6. The predicted octanol–water partition coefficient (Wildman–Crippen LogP) is 15.3. The molecule has 5 saturated carbocycles. The lowest BCUT2D eigenvalue weighted by molar-refractivity contribution is -0.171. The van der Waals surface area contributed by atoms with Crippen LogP contribution in [-0.4, -0.2) is 47.8 Å². The monoisotopic (exact) mass is 1170 g/mol. The summed E-state index contributed by atoms with van der Waals surface area (Å²) in [5.74, 6) is 6.99. The second-order valence-electron chi connectivity index (χ2n) is 32.2. The first-order chi connectivity index (χ1) is 38.4. The second kappa shape index (κ2) is 26.2. The van der Waals surface area contributed by atoms with Gasteiger partial charge >= 0.3 is 47.8 Å². The van der Waals surface area contributed by atoms with E-state index in [4.69, 9.17) is 18.9 Å². The Labute approximate surface area is 504 Å². The number of hydrogen-bond donors (Lipinski definition) is 0. The molecule has 11 fully saturated rings. The number of carbonyl (C=O) groups is 8. The standard InChI is InChI=1S/2C14H20O2.C13H20O2.C10H16O2.C9H14O3.C8H12O3.C2H6/c2*1-7-11-9-5-8(12(11)13(15)16-7)6-10(9)14(2,3)4;1-8-11-7-9(13(2,3)4)5-6-10(11)12(14)15-8;1-7-5-8(10(2,3)4)6-9(11)12-7;1-9(2,3)6-4-5-7(10)12-8(6)11;1-8(2,3)5-4-6(9)11-7(5)10;1-2/h2*8-12H,1,5-6H2,2-4H3;9-11H,1,5-7H2,2-4H3;8H,1,5-6H2,2-4H3;6H,4-5H2,1-3H3;5H,4H2,1-3H3;1-2H3/t2*8?,9?,10-,11?,12?;9-,10?,11?;8-;6-;5-;/m000100./s1. The first-order valence-corrected chi connectivity index (χ1v) is 31.5. The van der Waals surface area contributed by atoms with E-state index < -0.39 is 5.97 Å². The molecule has 6 saturated heterocycles. The zero-order valence-electron chi connectivity index (χ0n) is 55.3. The van der Waals surface area contributed by atoms with E-state index in [1.807, 2.05) is 55.4 Å². The molecule has 0 N–H and O–H groups in total. The molecule has 0 amide bonds. The number of esters is 8. The number of carbonyl (C=O) groups excluding carboxylic acids is 8. The molecule has 84 heavy (non-hydrogen) atoms. The van der Waals surface area contributed by atoms with Gasteiger partial charge in [-0.3, -0.25) is 38.4 Å². The van der Waals surface area contributed by atoms with E-state index in [2.05, 4.69) is 119 Å². The maximum atomic E-state index is 11.7. The number of ether oxygens (including phenoxy) is 6. The Balaban J connectivity index is 0.000000184. The average Bonchev–Trinajstić information content (AvgIpc) is 2.08. The molecule has 6 heterocycles. The van der Waals surface area contributed by atoms with E-state index in [-0.39, 0.29) is 100.0 Å². The largest absolute Gasteiger partial charge is 0.432 e. The van der Waals surface area contributed by atoms with Gasteiger partial charge in [-0.15, -0.1) is 0 Å². The van der Waals surface area contributed by atoms with Crippen LogP contribution in [-0.2, 0) is 66.8 Å². The number of rotatable bonds is 0. The quantitative estimate of drug-likeness (QED) is 0.126. The molecule has 0 aromatic rings. The van der Waals surface area contributed by atoms with Gasteiger partial charge in [0.25, 0.3) is 0 Å². The zero-order valence-corrected chi connectivity index (χ0v) is 55.3. The highest BCUT2D eigenvalue weighted by Gasteiger charge is 2.63. The molecule has 0 radical (unpaired) electrons. The van der Waals surface area contributed by atoms with Gasteiger partial charge in [0.1, 0.15) is 23.0 Å². The summed E-state index contributed by atoms with van der Waals surface area (Å²) in [6, 6.07) is 0. The van der Waals surface area contributed by atoms with Gasteiger partial charge in [0.05, 0.1) is 36.0 Å². The van der Waals surface area contributed by atoms with Crippen molar-refractivity contribution in [3.8, 4) is 0 Å². The molecule has 10 unspecified atom stereocenters. The Hall–Kier alpha value is -4.88.